The van der Waals surface area contributed by atoms with Gasteiger partial charge in [-0.3, -0.25) is 0 Å². The van der Waals surface area contributed by atoms with Crippen molar-refractivity contribution >= 4 is 23.2 Å². The lowest BCUT2D eigenvalue weighted by atomic mass is 10.3. The second kappa shape index (κ2) is 6.05. The number of nitrogens with zero attached hydrogens (tertiary/aromatic N) is 7. The molecule has 3 aromatic heterocycles. The molecule has 1 fully saturated rings. The maximum atomic E-state index is 6.14. The SMILES string of the molecule is Cc1c(Cl)ccc2nc(CCc3nc(N4CCCC4)n(C)n3)nn12. The van der Waals surface area contributed by atoms with Gasteiger partial charge >= 0.3 is 0 Å². The number of aryl methyl sites for hydroxylation is 4. The summed E-state index contributed by atoms with van der Waals surface area (Å²) in [5, 5.41) is 9.77. The maximum absolute atomic E-state index is 6.14. The minimum atomic E-state index is 0.695. The van der Waals surface area contributed by atoms with E-state index in [0.717, 1.165) is 48.4 Å². The van der Waals surface area contributed by atoms with E-state index in [-0.39, 0.29) is 0 Å². The van der Waals surface area contributed by atoms with Crippen molar-refractivity contribution in [3.63, 3.8) is 0 Å². The van der Waals surface area contributed by atoms with Crippen LogP contribution in [0.15, 0.2) is 12.1 Å². The number of pyridine rings is 1. The second-order valence-electron chi connectivity index (χ2n) is 6.21. The van der Waals surface area contributed by atoms with Crippen molar-refractivity contribution in [2.75, 3.05) is 18.0 Å². The number of rotatable bonds is 4. The molecule has 0 spiro atoms. The molecule has 1 aliphatic heterocycles. The lowest BCUT2D eigenvalue weighted by Crippen LogP contribution is -2.21. The highest BCUT2D eigenvalue weighted by atomic mass is 35.5. The van der Waals surface area contributed by atoms with E-state index in [1.165, 1.54) is 12.8 Å². The van der Waals surface area contributed by atoms with Crippen molar-refractivity contribution in [1.29, 1.82) is 0 Å². The Morgan fingerprint density at radius 3 is 2.50 bits per heavy atom. The van der Waals surface area contributed by atoms with Crippen molar-refractivity contribution < 1.29 is 0 Å². The molecule has 1 aliphatic rings. The molecule has 0 aromatic carbocycles. The molecular formula is C16H20ClN7. The Hall–Kier alpha value is -2.15. The fourth-order valence-corrected chi connectivity index (χ4v) is 3.29. The monoisotopic (exact) mass is 345 g/mol. The second-order valence-corrected chi connectivity index (χ2v) is 6.62. The van der Waals surface area contributed by atoms with Crippen LogP contribution in [0.4, 0.5) is 5.95 Å². The molecule has 4 rings (SSSR count). The maximum Gasteiger partial charge on any atom is 0.223 e. The molecule has 24 heavy (non-hydrogen) atoms. The van der Waals surface area contributed by atoms with E-state index < -0.39 is 0 Å². The van der Waals surface area contributed by atoms with Crippen LogP contribution in [0.3, 0.4) is 0 Å². The smallest absolute Gasteiger partial charge is 0.223 e. The number of hydrogen-bond donors (Lipinski definition) is 0. The molecule has 4 heterocycles. The van der Waals surface area contributed by atoms with E-state index in [1.54, 1.807) is 4.52 Å². The van der Waals surface area contributed by atoms with Crippen LogP contribution in [0.1, 0.15) is 30.2 Å². The first-order valence-corrected chi connectivity index (χ1v) is 8.65. The van der Waals surface area contributed by atoms with Gasteiger partial charge in [0.1, 0.15) is 0 Å². The van der Waals surface area contributed by atoms with Gasteiger partial charge in [-0.05, 0) is 31.9 Å². The van der Waals surface area contributed by atoms with E-state index in [1.807, 2.05) is 30.8 Å². The first-order chi connectivity index (χ1) is 11.6. The topological polar surface area (TPSA) is 64.1 Å². The van der Waals surface area contributed by atoms with E-state index in [4.69, 9.17) is 11.6 Å². The van der Waals surface area contributed by atoms with Gasteiger partial charge in [-0.25, -0.2) is 14.2 Å². The summed E-state index contributed by atoms with van der Waals surface area (Å²) in [5.41, 5.74) is 1.72. The normalized spacial score (nSPS) is 14.9. The zero-order valence-corrected chi connectivity index (χ0v) is 14.7. The number of aromatic nitrogens is 6. The molecule has 0 aliphatic carbocycles. The third-order valence-corrected chi connectivity index (χ3v) is 4.86. The number of halogens is 1. The van der Waals surface area contributed by atoms with Gasteiger partial charge in [0.25, 0.3) is 0 Å². The molecule has 0 bridgehead atoms. The average molecular weight is 346 g/mol. The minimum Gasteiger partial charge on any atom is -0.341 e. The zero-order chi connectivity index (χ0) is 16.7. The van der Waals surface area contributed by atoms with E-state index >= 15 is 0 Å². The Labute approximate surface area is 145 Å². The van der Waals surface area contributed by atoms with Gasteiger partial charge in [0.05, 0.1) is 10.7 Å². The van der Waals surface area contributed by atoms with Crippen LogP contribution in [-0.2, 0) is 19.9 Å². The van der Waals surface area contributed by atoms with Gasteiger partial charge in [-0.2, -0.15) is 15.2 Å². The fourth-order valence-electron chi connectivity index (χ4n) is 3.15. The van der Waals surface area contributed by atoms with Crippen LogP contribution < -0.4 is 4.90 Å². The molecule has 8 heteroatoms. The lowest BCUT2D eigenvalue weighted by molar-refractivity contribution is 0.713. The molecular weight excluding hydrogens is 326 g/mol. The standard InChI is InChI=1S/C16H20ClN7/c1-11-12(17)5-8-15-18-13(21-24(11)15)6-7-14-19-16(22(2)20-14)23-9-3-4-10-23/h5,8H,3-4,6-7,9-10H2,1-2H3. The van der Waals surface area contributed by atoms with Gasteiger partial charge < -0.3 is 4.90 Å². The van der Waals surface area contributed by atoms with E-state index in [0.29, 0.717) is 11.4 Å². The Morgan fingerprint density at radius 2 is 1.75 bits per heavy atom. The van der Waals surface area contributed by atoms with Crippen LogP contribution in [-0.4, -0.2) is 42.5 Å². The lowest BCUT2D eigenvalue weighted by Gasteiger charge is -2.14. The molecule has 3 aromatic rings. The molecule has 7 nitrogen and oxygen atoms in total. The molecule has 1 saturated heterocycles. The van der Waals surface area contributed by atoms with E-state index in [2.05, 4.69) is 25.1 Å². The van der Waals surface area contributed by atoms with Gasteiger partial charge in [-0.1, -0.05) is 11.6 Å². The average Bonchev–Trinajstić information content (AvgIpc) is 3.28. The molecule has 0 unspecified atom stereocenters. The Balaban J connectivity index is 1.51. The predicted molar refractivity (Wildman–Crippen MR) is 92.6 cm³/mol. The number of hydrogen-bond acceptors (Lipinski definition) is 5. The summed E-state index contributed by atoms with van der Waals surface area (Å²) >= 11 is 6.14. The first-order valence-electron chi connectivity index (χ1n) is 8.27. The van der Waals surface area contributed by atoms with Crippen molar-refractivity contribution in [1.82, 2.24) is 29.4 Å². The van der Waals surface area contributed by atoms with Crippen molar-refractivity contribution in [3.05, 3.63) is 34.5 Å². The molecule has 0 amide bonds. The summed E-state index contributed by atoms with van der Waals surface area (Å²) in [5.74, 6) is 2.59. The zero-order valence-electron chi connectivity index (χ0n) is 13.9. The third kappa shape index (κ3) is 2.73. The molecule has 0 radical (unpaired) electrons. The Morgan fingerprint density at radius 1 is 1.04 bits per heavy atom. The van der Waals surface area contributed by atoms with Crippen LogP contribution in [0.25, 0.3) is 5.65 Å². The molecule has 0 saturated carbocycles. The van der Waals surface area contributed by atoms with Crippen LogP contribution in [0.2, 0.25) is 5.02 Å². The van der Waals surface area contributed by atoms with E-state index in [9.17, 15) is 0 Å². The van der Waals surface area contributed by atoms with Crippen LogP contribution in [0.5, 0.6) is 0 Å². The van der Waals surface area contributed by atoms with Crippen molar-refractivity contribution in [2.45, 2.75) is 32.6 Å². The highest BCUT2D eigenvalue weighted by molar-refractivity contribution is 6.31. The highest BCUT2D eigenvalue weighted by Gasteiger charge is 2.18. The molecule has 0 N–H and O–H groups in total. The minimum absolute atomic E-state index is 0.695. The first kappa shape index (κ1) is 15.4. The third-order valence-electron chi connectivity index (χ3n) is 4.46. The number of fused-ring (bicyclic) bond motifs is 1. The summed E-state index contributed by atoms with van der Waals surface area (Å²) in [6.45, 7) is 4.08. The summed E-state index contributed by atoms with van der Waals surface area (Å²) in [4.78, 5) is 11.5. The Bertz CT molecular complexity index is 876. The van der Waals surface area contributed by atoms with Crippen molar-refractivity contribution in [2.24, 2.45) is 7.05 Å². The number of anilines is 1. The Kier molecular flexibility index (Phi) is 3.88. The van der Waals surface area contributed by atoms with Crippen LogP contribution in [0, 0.1) is 6.92 Å². The van der Waals surface area contributed by atoms with Crippen molar-refractivity contribution in [3.8, 4) is 0 Å². The predicted octanol–water partition coefficient (Wildman–Crippen LogP) is 2.21. The molecule has 0 atom stereocenters. The largest absolute Gasteiger partial charge is 0.341 e. The summed E-state index contributed by atoms with van der Waals surface area (Å²) in [6.07, 6.45) is 3.90. The summed E-state index contributed by atoms with van der Waals surface area (Å²) in [6, 6.07) is 3.74. The van der Waals surface area contributed by atoms with Gasteiger partial charge in [-0.15, -0.1) is 0 Å². The molecule has 126 valence electrons. The fraction of sp³-hybridized carbons (Fsp3) is 0.500. The highest BCUT2D eigenvalue weighted by Crippen LogP contribution is 2.18. The summed E-state index contributed by atoms with van der Waals surface area (Å²) < 4.78 is 3.67. The van der Waals surface area contributed by atoms with Crippen LogP contribution >= 0.6 is 11.6 Å². The van der Waals surface area contributed by atoms with Gasteiger partial charge in [0, 0.05) is 33.0 Å². The van der Waals surface area contributed by atoms with Gasteiger partial charge in [0.2, 0.25) is 5.95 Å². The summed E-state index contributed by atoms with van der Waals surface area (Å²) in [7, 11) is 1.96. The quantitative estimate of drug-likeness (QED) is 0.725. The van der Waals surface area contributed by atoms with Gasteiger partial charge in [0.15, 0.2) is 17.3 Å².